The number of likely N-dealkylation sites (tertiary alicyclic amines) is 1. The van der Waals surface area contributed by atoms with Gasteiger partial charge in [0.1, 0.15) is 0 Å². The Kier molecular flexibility index (Phi) is 2.98. The van der Waals surface area contributed by atoms with Crippen LogP contribution in [0.4, 0.5) is 0 Å². The van der Waals surface area contributed by atoms with Crippen LogP contribution in [0.2, 0.25) is 10.0 Å². The third-order valence-electron chi connectivity index (χ3n) is 2.39. The molecule has 0 amide bonds. The lowest BCUT2D eigenvalue weighted by Crippen LogP contribution is -2.54. The molecular formula is C10H12Cl2N2. The van der Waals surface area contributed by atoms with Crippen LogP contribution in [0.25, 0.3) is 0 Å². The Morgan fingerprint density at radius 2 is 2.07 bits per heavy atom. The van der Waals surface area contributed by atoms with Gasteiger partial charge in [0.25, 0.3) is 0 Å². The quantitative estimate of drug-likeness (QED) is 0.844. The number of rotatable bonds is 2. The van der Waals surface area contributed by atoms with Crippen molar-refractivity contribution in [2.45, 2.75) is 12.6 Å². The predicted molar refractivity (Wildman–Crippen MR) is 59.7 cm³/mol. The minimum Gasteiger partial charge on any atom is -0.325 e. The van der Waals surface area contributed by atoms with Crippen LogP contribution in [0, 0.1) is 0 Å². The van der Waals surface area contributed by atoms with Gasteiger partial charge in [-0.15, -0.1) is 0 Å². The SMILES string of the molecule is NC1CN(Cc2ccc(Cl)cc2Cl)C1. The number of hydrogen-bond donors (Lipinski definition) is 1. The van der Waals surface area contributed by atoms with E-state index in [0.29, 0.717) is 11.1 Å². The van der Waals surface area contributed by atoms with Crippen LogP contribution < -0.4 is 5.73 Å². The molecule has 2 N–H and O–H groups in total. The zero-order valence-corrected chi connectivity index (χ0v) is 9.22. The molecule has 2 nitrogen and oxygen atoms in total. The zero-order valence-electron chi connectivity index (χ0n) is 7.71. The average Bonchev–Trinajstić information content (AvgIpc) is 2.06. The summed E-state index contributed by atoms with van der Waals surface area (Å²) in [5.41, 5.74) is 6.80. The number of hydrogen-bond acceptors (Lipinski definition) is 2. The first-order valence-corrected chi connectivity index (χ1v) is 5.32. The largest absolute Gasteiger partial charge is 0.325 e. The smallest absolute Gasteiger partial charge is 0.0465 e. The molecule has 0 atom stereocenters. The summed E-state index contributed by atoms with van der Waals surface area (Å²) in [5, 5.41) is 1.41. The van der Waals surface area contributed by atoms with Crippen LogP contribution in [-0.2, 0) is 6.54 Å². The van der Waals surface area contributed by atoms with E-state index in [1.807, 2.05) is 12.1 Å². The van der Waals surface area contributed by atoms with E-state index in [2.05, 4.69) is 4.90 Å². The second-order valence-electron chi connectivity index (χ2n) is 3.69. The third kappa shape index (κ3) is 2.20. The Hall–Kier alpha value is -0.280. The fourth-order valence-corrected chi connectivity index (χ4v) is 2.10. The lowest BCUT2D eigenvalue weighted by molar-refractivity contribution is 0.142. The highest BCUT2D eigenvalue weighted by atomic mass is 35.5. The van der Waals surface area contributed by atoms with Gasteiger partial charge in [0.2, 0.25) is 0 Å². The van der Waals surface area contributed by atoms with Gasteiger partial charge in [-0.05, 0) is 17.7 Å². The van der Waals surface area contributed by atoms with Crippen LogP contribution in [-0.4, -0.2) is 24.0 Å². The molecular weight excluding hydrogens is 219 g/mol. The van der Waals surface area contributed by atoms with Crippen LogP contribution in [0.3, 0.4) is 0 Å². The molecule has 1 aromatic carbocycles. The van der Waals surface area contributed by atoms with E-state index in [-0.39, 0.29) is 0 Å². The number of nitrogens with zero attached hydrogens (tertiary/aromatic N) is 1. The standard InChI is InChI=1S/C10H12Cl2N2/c11-8-2-1-7(10(12)3-8)4-14-5-9(13)6-14/h1-3,9H,4-6,13H2. The molecule has 0 radical (unpaired) electrons. The summed E-state index contributed by atoms with van der Waals surface area (Å²) in [5.74, 6) is 0. The highest BCUT2D eigenvalue weighted by molar-refractivity contribution is 6.35. The summed E-state index contributed by atoms with van der Waals surface area (Å²) in [7, 11) is 0. The van der Waals surface area contributed by atoms with Gasteiger partial charge in [0, 0.05) is 35.7 Å². The Morgan fingerprint density at radius 3 is 2.64 bits per heavy atom. The molecule has 0 aliphatic carbocycles. The first kappa shape index (κ1) is 10.2. The zero-order chi connectivity index (χ0) is 10.1. The topological polar surface area (TPSA) is 29.3 Å². The van der Waals surface area contributed by atoms with E-state index in [9.17, 15) is 0 Å². The maximum atomic E-state index is 6.05. The van der Waals surface area contributed by atoms with Gasteiger partial charge in [-0.2, -0.15) is 0 Å². The van der Waals surface area contributed by atoms with Crippen LogP contribution >= 0.6 is 23.2 Å². The van der Waals surface area contributed by atoms with E-state index < -0.39 is 0 Å². The molecule has 0 bridgehead atoms. The molecule has 0 aromatic heterocycles. The van der Waals surface area contributed by atoms with Crippen molar-refractivity contribution in [3.8, 4) is 0 Å². The maximum Gasteiger partial charge on any atom is 0.0465 e. The van der Waals surface area contributed by atoms with Crippen molar-refractivity contribution in [2.24, 2.45) is 5.73 Å². The Labute approximate surface area is 93.6 Å². The molecule has 4 heteroatoms. The summed E-state index contributed by atoms with van der Waals surface area (Å²) in [6.45, 7) is 2.78. The summed E-state index contributed by atoms with van der Waals surface area (Å²) >= 11 is 11.9. The van der Waals surface area contributed by atoms with Crippen molar-refractivity contribution in [3.63, 3.8) is 0 Å². The highest BCUT2D eigenvalue weighted by Crippen LogP contribution is 2.23. The number of benzene rings is 1. The van der Waals surface area contributed by atoms with Crippen LogP contribution in [0.5, 0.6) is 0 Å². The van der Waals surface area contributed by atoms with Crippen molar-refractivity contribution >= 4 is 23.2 Å². The van der Waals surface area contributed by atoms with Crippen LogP contribution in [0.15, 0.2) is 18.2 Å². The molecule has 2 rings (SSSR count). The maximum absolute atomic E-state index is 6.05. The molecule has 0 unspecified atom stereocenters. The van der Waals surface area contributed by atoms with Gasteiger partial charge < -0.3 is 5.73 Å². The Balaban J connectivity index is 2.02. The van der Waals surface area contributed by atoms with E-state index >= 15 is 0 Å². The first-order chi connectivity index (χ1) is 6.65. The van der Waals surface area contributed by atoms with Gasteiger partial charge in [-0.25, -0.2) is 0 Å². The number of nitrogens with two attached hydrogens (primary N) is 1. The third-order valence-corrected chi connectivity index (χ3v) is 2.98. The lowest BCUT2D eigenvalue weighted by Gasteiger charge is -2.36. The normalized spacial score (nSPS) is 18.2. The first-order valence-electron chi connectivity index (χ1n) is 4.57. The molecule has 1 saturated heterocycles. The Morgan fingerprint density at radius 1 is 1.36 bits per heavy atom. The molecule has 1 aromatic rings. The fraction of sp³-hybridized carbons (Fsp3) is 0.400. The monoisotopic (exact) mass is 230 g/mol. The highest BCUT2D eigenvalue weighted by Gasteiger charge is 2.23. The minimum atomic E-state index is 0.334. The average molecular weight is 231 g/mol. The summed E-state index contributed by atoms with van der Waals surface area (Å²) in [4.78, 5) is 2.26. The summed E-state index contributed by atoms with van der Waals surface area (Å²) < 4.78 is 0. The molecule has 1 fully saturated rings. The second-order valence-corrected chi connectivity index (χ2v) is 4.53. The molecule has 0 saturated carbocycles. The number of halogens is 2. The molecule has 1 heterocycles. The molecule has 14 heavy (non-hydrogen) atoms. The van der Waals surface area contributed by atoms with Gasteiger partial charge in [-0.3, -0.25) is 4.90 Å². The second kappa shape index (κ2) is 4.07. The lowest BCUT2D eigenvalue weighted by atomic mass is 10.1. The van der Waals surface area contributed by atoms with E-state index in [0.717, 1.165) is 30.2 Å². The summed E-state index contributed by atoms with van der Waals surface area (Å²) in [6, 6.07) is 5.94. The summed E-state index contributed by atoms with van der Waals surface area (Å²) in [6.07, 6.45) is 0. The predicted octanol–water partition coefficient (Wildman–Crippen LogP) is 2.14. The van der Waals surface area contributed by atoms with Gasteiger partial charge in [0.15, 0.2) is 0 Å². The minimum absolute atomic E-state index is 0.334. The van der Waals surface area contributed by atoms with Crippen molar-refractivity contribution in [3.05, 3.63) is 33.8 Å². The van der Waals surface area contributed by atoms with E-state index in [1.165, 1.54) is 0 Å². The molecule has 0 spiro atoms. The van der Waals surface area contributed by atoms with Gasteiger partial charge in [-0.1, -0.05) is 29.3 Å². The van der Waals surface area contributed by atoms with Crippen molar-refractivity contribution in [1.29, 1.82) is 0 Å². The van der Waals surface area contributed by atoms with E-state index in [1.54, 1.807) is 6.07 Å². The van der Waals surface area contributed by atoms with Crippen molar-refractivity contribution in [2.75, 3.05) is 13.1 Å². The van der Waals surface area contributed by atoms with Crippen LogP contribution in [0.1, 0.15) is 5.56 Å². The van der Waals surface area contributed by atoms with Gasteiger partial charge >= 0.3 is 0 Å². The fourth-order valence-electron chi connectivity index (χ4n) is 1.63. The molecule has 76 valence electrons. The van der Waals surface area contributed by atoms with Crippen molar-refractivity contribution < 1.29 is 0 Å². The Bertz CT molecular complexity index is 335. The molecule has 1 aliphatic heterocycles. The van der Waals surface area contributed by atoms with E-state index in [4.69, 9.17) is 28.9 Å². The van der Waals surface area contributed by atoms with Crippen molar-refractivity contribution in [1.82, 2.24) is 4.90 Å². The molecule has 1 aliphatic rings. The van der Waals surface area contributed by atoms with Gasteiger partial charge in [0.05, 0.1) is 0 Å².